The van der Waals surface area contributed by atoms with Crippen molar-refractivity contribution in [1.29, 1.82) is 0 Å². The Hall–Kier alpha value is -1.84. The number of nitrogens with one attached hydrogen (secondary N) is 2. The average molecular weight is 484 g/mol. The normalized spacial score (nSPS) is 14.7. The highest BCUT2D eigenvalue weighted by Crippen LogP contribution is 2.18. The highest BCUT2D eigenvalue weighted by Gasteiger charge is 2.16. The first-order valence-electron chi connectivity index (χ1n) is 9.18. The van der Waals surface area contributed by atoms with Gasteiger partial charge in [0.1, 0.15) is 11.6 Å². The van der Waals surface area contributed by atoms with E-state index in [1.807, 2.05) is 36.7 Å². The summed E-state index contributed by atoms with van der Waals surface area (Å²) in [4.78, 5) is 4.77. The van der Waals surface area contributed by atoms with Crippen LogP contribution in [0.3, 0.4) is 0 Å². The van der Waals surface area contributed by atoms with E-state index in [0.717, 1.165) is 28.9 Å². The fraction of sp³-hybridized carbons (Fsp3) is 0.526. The van der Waals surface area contributed by atoms with Gasteiger partial charge in [0.25, 0.3) is 0 Å². The summed E-state index contributed by atoms with van der Waals surface area (Å²) in [6.45, 7) is 3.14. The number of nitrogens with zero attached hydrogens (tertiary/aromatic N) is 4. The quantitative estimate of drug-likeness (QED) is 0.375. The van der Waals surface area contributed by atoms with Crippen molar-refractivity contribution in [2.24, 2.45) is 12.0 Å². The molecule has 1 aromatic heterocycles. The molecule has 0 atom stereocenters. The largest absolute Gasteiger partial charge is 0.497 e. The lowest BCUT2D eigenvalue weighted by atomic mass is 10.2. The zero-order valence-corrected chi connectivity index (χ0v) is 18.6. The van der Waals surface area contributed by atoms with E-state index in [1.54, 1.807) is 7.11 Å². The molecule has 0 saturated heterocycles. The minimum absolute atomic E-state index is 0. The van der Waals surface area contributed by atoms with Gasteiger partial charge in [-0.15, -0.1) is 34.2 Å². The first-order chi connectivity index (χ1) is 12.7. The zero-order valence-electron chi connectivity index (χ0n) is 16.2. The molecule has 7 nitrogen and oxygen atoms in total. The summed E-state index contributed by atoms with van der Waals surface area (Å²) in [5, 5.41) is 15.3. The van der Waals surface area contributed by atoms with Gasteiger partial charge in [-0.3, -0.25) is 0 Å². The molecule has 2 aromatic rings. The number of aromatic nitrogens is 3. The van der Waals surface area contributed by atoms with Crippen molar-refractivity contribution in [1.82, 2.24) is 25.4 Å². The van der Waals surface area contributed by atoms with Crippen molar-refractivity contribution in [3.05, 3.63) is 41.5 Å². The number of guanidine groups is 1. The lowest BCUT2D eigenvalue weighted by Gasteiger charge is -2.17. The summed E-state index contributed by atoms with van der Waals surface area (Å²) in [6, 6.07) is 8.50. The Morgan fingerprint density at radius 2 is 2.07 bits per heavy atom. The van der Waals surface area contributed by atoms with Crippen LogP contribution in [-0.2, 0) is 20.1 Å². The molecule has 2 N–H and O–H groups in total. The monoisotopic (exact) mass is 484 g/mol. The van der Waals surface area contributed by atoms with Crippen LogP contribution in [0.15, 0.2) is 29.3 Å². The number of ether oxygens (including phenoxy) is 1. The van der Waals surface area contributed by atoms with Crippen molar-refractivity contribution in [3.8, 4) is 5.75 Å². The van der Waals surface area contributed by atoms with Crippen LogP contribution in [0.2, 0.25) is 0 Å². The second-order valence-corrected chi connectivity index (χ2v) is 6.72. The zero-order chi connectivity index (χ0) is 18.4. The minimum atomic E-state index is 0. The molecule has 1 saturated carbocycles. The van der Waals surface area contributed by atoms with Crippen LogP contribution in [0.5, 0.6) is 5.75 Å². The van der Waals surface area contributed by atoms with Gasteiger partial charge in [-0.1, -0.05) is 25.0 Å². The van der Waals surface area contributed by atoms with E-state index in [1.165, 1.54) is 25.7 Å². The number of halogens is 1. The number of methoxy groups -OCH3 is 1. The molecule has 0 aliphatic heterocycles. The van der Waals surface area contributed by atoms with Gasteiger partial charge in [0.15, 0.2) is 11.8 Å². The molecule has 0 unspecified atom stereocenters. The van der Waals surface area contributed by atoms with Crippen LogP contribution in [0.1, 0.15) is 42.9 Å². The van der Waals surface area contributed by atoms with Gasteiger partial charge in [0.05, 0.1) is 20.2 Å². The summed E-state index contributed by atoms with van der Waals surface area (Å²) < 4.78 is 7.28. The van der Waals surface area contributed by atoms with Crippen molar-refractivity contribution in [3.63, 3.8) is 0 Å². The number of benzene rings is 1. The molecule has 27 heavy (non-hydrogen) atoms. The van der Waals surface area contributed by atoms with Gasteiger partial charge in [-0.2, -0.15) is 0 Å². The maximum Gasteiger partial charge on any atom is 0.192 e. The van der Waals surface area contributed by atoms with E-state index in [2.05, 4.69) is 26.9 Å². The van der Waals surface area contributed by atoms with E-state index in [0.29, 0.717) is 19.1 Å². The Morgan fingerprint density at radius 1 is 1.30 bits per heavy atom. The SMILES string of the molecule is COc1cccc(CN=C(NCc2nnc(C)n2C)NC2CCCC2)c1.I. The first kappa shape index (κ1) is 21.5. The van der Waals surface area contributed by atoms with Gasteiger partial charge >= 0.3 is 0 Å². The van der Waals surface area contributed by atoms with Crippen LogP contribution in [0.4, 0.5) is 0 Å². The summed E-state index contributed by atoms with van der Waals surface area (Å²) in [6.07, 6.45) is 4.96. The summed E-state index contributed by atoms with van der Waals surface area (Å²) in [5.41, 5.74) is 1.12. The topological polar surface area (TPSA) is 76.4 Å². The van der Waals surface area contributed by atoms with Crippen LogP contribution in [-0.4, -0.2) is 33.9 Å². The molecule has 1 fully saturated rings. The molecule has 1 heterocycles. The molecule has 0 spiro atoms. The Bertz CT molecular complexity index is 754. The summed E-state index contributed by atoms with van der Waals surface area (Å²) in [5.74, 6) is 3.47. The van der Waals surface area contributed by atoms with E-state index >= 15 is 0 Å². The molecule has 1 aliphatic carbocycles. The third kappa shape index (κ3) is 6.08. The fourth-order valence-electron chi connectivity index (χ4n) is 3.12. The molecule has 148 valence electrons. The number of hydrogen-bond donors (Lipinski definition) is 2. The van der Waals surface area contributed by atoms with Crippen LogP contribution in [0.25, 0.3) is 0 Å². The molecule has 0 bridgehead atoms. The number of aryl methyl sites for hydroxylation is 1. The van der Waals surface area contributed by atoms with Crippen molar-refractivity contribution in [2.45, 2.75) is 51.7 Å². The lowest BCUT2D eigenvalue weighted by Crippen LogP contribution is -2.42. The predicted molar refractivity (Wildman–Crippen MR) is 118 cm³/mol. The predicted octanol–water partition coefficient (Wildman–Crippen LogP) is 2.93. The smallest absolute Gasteiger partial charge is 0.192 e. The van der Waals surface area contributed by atoms with Crippen LogP contribution in [0, 0.1) is 6.92 Å². The van der Waals surface area contributed by atoms with Crippen molar-refractivity contribution >= 4 is 29.9 Å². The van der Waals surface area contributed by atoms with Gasteiger partial charge < -0.3 is 19.9 Å². The maximum atomic E-state index is 5.29. The molecule has 8 heteroatoms. The summed E-state index contributed by atoms with van der Waals surface area (Å²) >= 11 is 0. The molecular formula is C19H29IN6O. The molecule has 0 amide bonds. The maximum absolute atomic E-state index is 5.29. The first-order valence-corrected chi connectivity index (χ1v) is 9.18. The number of hydrogen-bond acceptors (Lipinski definition) is 4. The van der Waals surface area contributed by atoms with E-state index in [-0.39, 0.29) is 24.0 Å². The highest BCUT2D eigenvalue weighted by atomic mass is 127. The minimum Gasteiger partial charge on any atom is -0.497 e. The Labute approximate surface area is 178 Å². The van der Waals surface area contributed by atoms with E-state index < -0.39 is 0 Å². The third-order valence-corrected chi connectivity index (χ3v) is 4.85. The number of aliphatic imine (C=N–C) groups is 1. The fourth-order valence-corrected chi connectivity index (χ4v) is 3.12. The average Bonchev–Trinajstić information content (AvgIpc) is 3.28. The van der Waals surface area contributed by atoms with Crippen LogP contribution >= 0.6 is 24.0 Å². The van der Waals surface area contributed by atoms with Gasteiger partial charge in [0.2, 0.25) is 0 Å². The van der Waals surface area contributed by atoms with Gasteiger partial charge in [-0.05, 0) is 37.5 Å². The van der Waals surface area contributed by atoms with Crippen molar-refractivity contribution in [2.75, 3.05) is 7.11 Å². The molecule has 0 radical (unpaired) electrons. The number of rotatable bonds is 6. The van der Waals surface area contributed by atoms with Gasteiger partial charge in [0, 0.05) is 13.1 Å². The third-order valence-electron chi connectivity index (χ3n) is 4.85. The van der Waals surface area contributed by atoms with Crippen LogP contribution < -0.4 is 15.4 Å². The molecule has 1 aromatic carbocycles. The molecule has 3 rings (SSSR count). The molecule has 1 aliphatic rings. The lowest BCUT2D eigenvalue weighted by molar-refractivity contribution is 0.414. The van der Waals surface area contributed by atoms with E-state index in [9.17, 15) is 0 Å². The molecular weight excluding hydrogens is 455 g/mol. The van der Waals surface area contributed by atoms with Gasteiger partial charge in [-0.25, -0.2) is 4.99 Å². The van der Waals surface area contributed by atoms with Crippen molar-refractivity contribution < 1.29 is 4.74 Å². The second-order valence-electron chi connectivity index (χ2n) is 6.72. The Morgan fingerprint density at radius 3 is 2.74 bits per heavy atom. The Kier molecular flexibility index (Phi) is 8.33. The second kappa shape index (κ2) is 10.5. The standard InChI is InChI=1S/C19H28N6O.HI/c1-14-23-24-18(25(14)2)13-21-19(22-16-8-4-5-9-16)20-12-15-7-6-10-17(11-15)26-3;/h6-7,10-11,16H,4-5,8-9,12-13H2,1-3H3,(H2,20,21,22);1H. The summed E-state index contributed by atoms with van der Waals surface area (Å²) in [7, 11) is 3.66. The Balaban J connectivity index is 0.00000261. The highest BCUT2D eigenvalue weighted by molar-refractivity contribution is 14.0. The van der Waals surface area contributed by atoms with E-state index in [4.69, 9.17) is 9.73 Å².